The minimum atomic E-state index is -0.489. The van der Waals surface area contributed by atoms with E-state index in [9.17, 15) is 9.59 Å². The van der Waals surface area contributed by atoms with Crippen LogP contribution >= 0.6 is 0 Å². The molecule has 2 fully saturated rings. The zero-order valence-electron chi connectivity index (χ0n) is 13.6. The minimum Gasteiger partial charge on any atom is -0.444 e. The Hall–Kier alpha value is -1.26. The fourth-order valence-electron chi connectivity index (χ4n) is 3.13. The molecule has 0 aromatic rings. The topological polar surface area (TPSA) is 58.6 Å². The number of carbonyl (C=O) groups excluding carboxylic acids is 2. The SMILES string of the molecule is CC1CCCC1NC(=O)C1CCN(C(=O)OC(C)(C)C)C1. The molecule has 1 heterocycles. The maximum atomic E-state index is 12.3. The van der Waals surface area contributed by atoms with Crippen molar-refractivity contribution in [2.24, 2.45) is 11.8 Å². The van der Waals surface area contributed by atoms with Gasteiger partial charge < -0.3 is 15.0 Å². The number of rotatable bonds is 2. The maximum absolute atomic E-state index is 12.3. The molecule has 0 aromatic heterocycles. The van der Waals surface area contributed by atoms with Crippen molar-refractivity contribution in [2.75, 3.05) is 13.1 Å². The summed E-state index contributed by atoms with van der Waals surface area (Å²) in [5.41, 5.74) is -0.489. The highest BCUT2D eigenvalue weighted by atomic mass is 16.6. The van der Waals surface area contributed by atoms with Gasteiger partial charge in [0.2, 0.25) is 5.91 Å². The Balaban J connectivity index is 1.81. The van der Waals surface area contributed by atoms with Crippen LogP contribution in [0.1, 0.15) is 53.4 Å². The Kier molecular flexibility index (Phi) is 4.79. The average Bonchev–Trinajstić information content (AvgIpc) is 2.97. The van der Waals surface area contributed by atoms with E-state index in [0.717, 1.165) is 12.8 Å². The lowest BCUT2D eigenvalue weighted by atomic mass is 10.0. The summed E-state index contributed by atoms with van der Waals surface area (Å²) in [6.07, 6.45) is 3.88. The predicted octanol–water partition coefficient (Wildman–Crippen LogP) is 2.55. The van der Waals surface area contributed by atoms with Gasteiger partial charge >= 0.3 is 6.09 Å². The lowest BCUT2D eigenvalue weighted by molar-refractivity contribution is -0.125. The number of likely N-dealkylation sites (tertiary alicyclic amines) is 1. The summed E-state index contributed by atoms with van der Waals surface area (Å²) < 4.78 is 5.36. The predicted molar refractivity (Wildman–Crippen MR) is 80.9 cm³/mol. The largest absolute Gasteiger partial charge is 0.444 e. The molecule has 2 aliphatic rings. The molecule has 1 N–H and O–H groups in total. The van der Waals surface area contributed by atoms with Crippen molar-refractivity contribution in [2.45, 2.75) is 65.0 Å². The van der Waals surface area contributed by atoms with Crippen molar-refractivity contribution in [1.82, 2.24) is 10.2 Å². The second-order valence-electron chi connectivity index (χ2n) is 7.44. The molecular weight excluding hydrogens is 268 g/mol. The molecule has 5 nitrogen and oxygen atoms in total. The van der Waals surface area contributed by atoms with E-state index >= 15 is 0 Å². The molecule has 5 heteroatoms. The molecule has 3 unspecified atom stereocenters. The maximum Gasteiger partial charge on any atom is 0.410 e. The van der Waals surface area contributed by atoms with Crippen molar-refractivity contribution < 1.29 is 14.3 Å². The van der Waals surface area contributed by atoms with Crippen molar-refractivity contribution >= 4 is 12.0 Å². The zero-order valence-corrected chi connectivity index (χ0v) is 13.6. The van der Waals surface area contributed by atoms with Crippen LogP contribution in [0.4, 0.5) is 4.79 Å². The number of ether oxygens (including phenoxy) is 1. The van der Waals surface area contributed by atoms with E-state index in [1.165, 1.54) is 12.8 Å². The summed E-state index contributed by atoms with van der Waals surface area (Å²) in [5.74, 6) is 0.572. The summed E-state index contributed by atoms with van der Waals surface area (Å²) in [4.78, 5) is 26.0. The monoisotopic (exact) mass is 296 g/mol. The van der Waals surface area contributed by atoms with Crippen LogP contribution in [-0.4, -0.2) is 41.6 Å². The van der Waals surface area contributed by atoms with Crippen LogP contribution in [0.25, 0.3) is 0 Å². The van der Waals surface area contributed by atoms with E-state index < -0.39 is 5.60 Å². The normalized spacial score (nSPS) is 29.5. The van der Waals surface area contributed by atoms with Crippen LogP contribution in [0.5, 0.6) is 0 Å². The smallest absolute Gasteiger partial charge is 0.410 e. The average molecular weight is 296 g/mol. The number of carbonyl (C=O) groups is 2. The fraction of sp³-hybridized carbons (Fsp3) is 0.875. The summed E-state index contributed by atoms with van der Waals surface area (Å²) in [5, 5.41) is 3.16. The molecule has 0 aromatic carbocycles. The van der Waals surface area contributed by atoms with Gasteiger partial charge in [0.25, 0.3) is 0 Å². The highest BCUT2D eigenvalue weighted by Gasteiger charge is 2.35. The first kappa shape index (κ1) is 16.1. The van der Waals surface area contributed by atoms with E-state index in [1.54, 1.807) is 4.90 Å². The number of amides is 2. The van der Waals surface area contributed by atoms with Crippen LogP contribution in [0.3, 0.4) is 0 Å². The summed E-state index contributed by atoms with van der Waals surface area (Å²) >= 11 is 0. The van der Waals surface area contributed by atoms with Crippen molar-refractivity contribution in [3.8, 4) is 0 Å². The molecule has 3 atom stereocenters. The highest BCUT2D eigenvalue weighted by Crippen LogP contribution is 2.26. The summed E-state index contributed by atoms with van der Waals surface area (Å²) in [7, 11) is 0. The van der Waals surface area contributed by atoms with Gasteiger partial charge in [-0.15, -0.1) is 0 Å². The molecule has 0 radical (unpaired) electrons. The standard InChI is InChI=1S/C16H28N2O3/c1-11-6-5-7-13(11)17-14(19)12-8-9-18(10-12)15(20)21-16(2,3)4/h11-13H,5-10H2,1-4H3,(H,17,19). The van der Waals surface area contributed by atoms with E-state index in [2.05, 4.69) is 12.2 Å². The Morgan fingerprint density at radius 3 is 2.48 bits per heavy atom. The molecule has 0 bridgehead atoms. The molecule has 120 valence electrons. The van der Waals surface area contributed by atoms with Gasteiger partial charge in [0.05, 0.1) is 5.92 Å². The second-order valence-corrected chi connectivity index (χ2v) is 7.44. The first-order valence-corrected chi connectivity index (χ1v) is 8.04. The van der Waals surface area contributed by atoms with E-state index in [1.807, 2.05) is 20.8 Å². The summed E-state index contributed by atoms with van der Waals surface area (Å²) in [6, 6.07) is 0.313. The second kappa shape index (κ2) is 6.24. The molecular formula is C16H28N2O3. The van der Waals surface area contributed by atoms with Gasteiger partial charge in [-0.3, -0.25) is 4.79 Å². The number of nitrogens with one attached hydrogen (secondary N) is 1. The van der Waals surface area contributed by atoms with Gasteiger partial charge in [-0.2, -0.15) is 0 Å². The molecule has 2 amide bonds. The first-order valence-electron chi connectivity index (χ1n) is 8.04. The van der Waals surface area contributed by atoms with Crippen molar-refractivity contribution in [3.05, 3.63) is 0 Å². The van der Waals surface area contributed by atoms with Gasteiger partial charge in [-0.25, -0.2) is 4.79 Å². The van der Waals surface area contributed by atoms with Crippen molar-refractivity contribution in [3.63, 3.8) is 0 Å². The van der Waals surface area contributed by atoms with E-state index in [0.29, 0.717) is 25.0 Å². The summed E-state index contributed by atoms with van der Waals surface area (Å²) in [6.45, 7) is 8.83. The van der Waals surface area contributed by atoms with Gasteiger partial charge in [-0.05, 0) is 46.0 Å². The molecule has 21 heavy (non-hydrogen) atoms. The van der Waals surface area contributed by atoms with E-state index in [4.69, 9.17) is 4.74 Å². The Morgan fingerprint density at radius 1 is 1.19 bits per heavy atom. The number of nitrogens with zero attached hydrogens (tertiary/aromatic N) is 1. The Morgan fingerprint density at radius 2 is 1.90 bits per heavy atom. The molecule has 0 spiro atoms. The third-order valence-corrected chi connectivity index (χ3v) is 4.40. The molecule has 2 rings (SSSR count). The minimum absolute atomic E-state index is 0.0923. The number of hydrogen-bond acceptors (Lipinski definition) is 3. The van der Waals surface area contributed by atoms with Crippen LogP contribution in [0.2, 0.25) is 0 Å². The Labute approximate surface area is 127 Å². The third-order valence-electron chi connectivity index (χ3n) is 4.40. The quantitative estimate of drug-likeness (QED) is 0.852. The van der Waals surface area contributed by atoms with Gasteiger partial charge in [0.15, 0.2) is 0 Å². The van der Waals surface area contributed by atoms with Crippen LogP contribution in [0, 0.1) is 11.8 Å². The lowest BCUT2D eigenvalue weighted by Crippen LogP contribution is -2.42. The van der Waals surface area contributed by atoms with Crippen molar-refractivity contribution in [1.29, 1.82) is 0 Å². The van der Waals surface area contributed by atoms with Gasteiger partial charge in [0.1, 0.15) is 5.60 Å². The van der Waals surface area contributed by atoms with Gasteiger partial charge in [0, 0.05) is 19.1 Å². The van der Waals surface area contributed by atoms with E-state index in [-0.39, 0.29) is 17.9 Å². The highest BCUT2D eigenvalue weighted by molar-refractivity contribution is 5.81. The lowest BCUT2D eigenvalue weighted by Gasteiger charge is -2.24. The van der Waals surface area contributed by atoms with Gasteiger partial charge in [-0.1, -0.05) is 13.3 Å². The zero-order chi connectivity index (χ0) is 15.6. The number of hydrogen-bond donors (Lipinski definition) is 1. The van der Waals surface area contributed by atoms with Crippen LogP contribution in [0.15, 0.2) is 0 Å². The molecule has 1 aliphatic carbocycles. The molecule has 1 aliphatic heterocycles. The third kappa shape index (κ3) is 4.35. The first-order chi connectivity index (χ1) is 9.76. The fourth-order valence-corrected chi connectivity index (χ4v) is 3.13. The Bertz CT molecular complexity index is 403. The molecule has 1 saturated heterocycles. The van der Waals surface area contributed by atoms with Crippen LogP contribution < -0.4 is 5.32 Å². The molecule has 1 saturated carbocycles. The van der Waals surface area contributed by atoms with Crippen LogP contribution in [-0.2, 0) is 9.53 Å².